The van der Waals surface area contributed by atoms with Crippen LogP contribution >= 0.6 is 34.2 Å². The van der Waals surface area contributed by atoms with Gasteiger partial charge in [0.25, 0.3) is 0 Å². The third-order valence-electron chi connectivity index (χ3n) is 2.53. The number of urea groups is 1. The van der Waals surface area contributed by atoms with Crippen LogP contribution in [0, 0.1) is 9.49 Å². The van der Waals surface area contributed by atoms with E-state index in [0.29, 0.717) is 17.1 Å². The van der Waals surface area contributed by atoms with E-state index in [9.17, 15) is 9.59 Å². The predicted molar refractivity (Wildman–Crippen MR) is 82.6 cm³/mol. The number of rotatable bonds is 5. The Labute approximate surface area is 129 Å². The summed E-state index contributed by atoms with van der Waals surface area (Å²) in [5.41, 5.74) is 0.630. The average molecular weight is 397 g/mol. The van der Waals surface area contributed by atoms with Crippen molar-refractivity contribution < 1.29 is 14.7 Å². The Balaban J connectivity index is 2.53. The molecule has 7 heteroatoms. The molecule has 1 atom stereocenters. The minimum absolute atomic E-state index is 0.0990. The molecule has 0 aliphatic rings. The molecule has 19 heavy (non-hydrogen) atoms. The number of benzene rings is 1. The number of amides is 2. The number of halogens is 2. The fourth-order valence-electron chi connectivity index (χ4n) is 1.38. The van der Waals surface area contributed by atoms with Gasteiger partial charge in [-0.05, 0) is 47.2 Å². The van der Waals surface area contributed by atoms with Crippen molar-refractivity contribution in [2.45, 2.75) is 13.3 Å². The van der Waals surface area contributed by atoms with E-state index in [0.717, 1.165) is 3.57 Å². The fourth-order valence-corrected chi connectivity index (χ4v) is 2.39. The zero-order valence-electron chi connectivity index (χ0n) is 10.2. The number of hydrogen-bond acceptors (Lipinski definition) is 2. The lowest BCUT2D eigenvalue weighted by molar-refractivity contribution is -0.141. The first-order valence-corrected chi connectivity index (χ1v) is 7.12. The number of hydrogen-bond donors (Lipinski definition) is 3. The molecular formula is C12H14ClIN2O3. The van der Waals surface area contributed by atoms with Crippen molar-refractivity contribution in [3.8, 4) is 0 Å². The molecule has 0 bridgehead atoms. The lowest BCUT2D eigenvalue weighted by Crippen LogP contribution is -2.35. The van der Waals surface area contributed by atoms with Gasteiger partial charge in [-0.1, -0.05) is 18.5 Å². The average Bonchev–Trinajstić information content (AvgIpc) is 2.33. The van der Waals surface area contributed by atoms with Gasteiger partial charge in [0.2, 0.25) is 0 Å². The lowest BCUT2D eigenvalue weighted by Gasteiger charge is -2.12. The van der Waals surface area contributed by atoms with Gasteiger partial charge in [-0.2, -0.15) is 0 Å². The molecule has 0 aliphatic carbocycles. The first-order valence-electron chi connectivity index (χ1n) is 5.66. The van der Waals surface area contributed by atoms with Gasteiger partial charge in [-0.3, -0.25) is 4.79 Å². The molecule has 3 N–H and O–H groups in total. The highest BCUT2D eigenvalue weighted by Crippen LogP contribution is 2.22. The van der Waals surface area contributed by atoms with Gasteiger partial charge < -0.3 is 15.7 Å². The van der Waals surface area contributed by atoms with E-state index < -0.39 is 17.9 Å². The van der Waals surface area contributed by atoms with E-state index in [-0.39, 0.29) is 6.54 Å². The highest BCUT2D eigenvalue weighted by atomic mass is 127. The summed E-state index contributed by atoms with van der Waals surface area (Å²) in [5.74, 6) is -1.49. The van der Waals surface area contributed by atoms with Crippen molar-refractivity contribution >= 4 is 51.9 Å². The van der Waals surface area contributed by atoms with Crippen LogP contribution in [0.2, 0.25) is 5.02 Å². The number of carboxylic acids is 1. The van der Waals surface area contributed by atoms with Crippen molar-refractivity contribution in [3.05, 3.63) is 26.8 Å². The molecule has 1 aromatic carbocycles. The van der Waals surface area contributed by atoms with E-state index >= 15 is 0 Å². The number of aliphatic carboxylic acids is 1. The van der Waals surface area contributed by atoms with Gasteiger partial charge in [-0.15, -0.1) is 0 Å². The summed E-state index contributed by atoms with van der Waals surface area (Å²) in [6.07, 6.45) is 0.466. The molecule has 0 fully saturated rings. The summed E-state index contributed by atoms with van der Waals surface area (Å²) in [6, 6.07) is 4.66. The first-order chi connectivity index (χ1) is 8.93. The third-order valence-corrected chi connectivity index (χ3v) is 3.66. The molecule has 1 rings (SSSR count). The highest BCUT2D eigenvalue weighted by Gasteiger charge is 2.16. The van der Waals surface area contributed by atoms with Gasteiger partial charge in [-0.25, -0.2) is 4.79 Å². The maximum Gasteiger partial charge on any atom is 0.319 e. The summed E-state index contributed by atoms with van der Waals surface area (Å²) in [7, 11) is 0. The molecule has 5 nitrogen and oxygen atoms in total. The Kier molecular flexibility index (Phi) is 6.36. The minimum atomic E-state index is -0.913. The largest absolute Gasteiger partial charge is 0.481 e. The number of carbonyl (C=O) groups excluding carboxylic acids is 1. The van der Waals surface area contributed by atoms with Gasteiger partial charge in [0.15, 0.2) is 0 Å². The van der Waals surface area contributed by atoms with E-state index in [1.807, 2.05) is 0 Å². The van der Waals surface area contributed by atoms with Gasteiger partial charge in [0.1, 0.15) is 0 Å². The maximum absolute atomic E-state index is 11.6. The topological polar surface area (TPSA) is 78.4 Å². The van der Waals surface area contributed by atoms with Crippen LogP contribution < -0.4 is 10.6 Å². The minimum Gasteiger partial charge on any atom is -0.481 e. The van der Waals surface area contributed by atoms with E-state index in [4.69, 9.17) is 16.7 Å². The van der Waals surface area contributed by atoms with Crippen LogP contribution in [0.3, 0.4) is 0 Å². The summed E-state index contributed by atoms with van der Waals surface area (Å²) < 4.78 is 0.811. The number of anilines is 1. The highest BCUT2D eigenvalue weighted by molar-refractivity contribution is 14.1. The third kappa shape index (κ3) is 5.23. The lowest BCUT2D eigenvalue weighted by atomic mass is 10.1. The molecule has 1 unspecified atom stereocenters. The van der Waals surface area contributed by atoms with Crippen LogP contribution in [0.1, 0.15) is 13.3 Å². The Hall–Kier alpha value is -1.02. The smallest absolute Gasteiger partial charge is 0.319 e. The normalized spacial score (nSPS) is 11.7. The molecule has 104 valence electrons. The number of nitrogens with one attached hydrogen (secondary N) is 2. The van der Waals surface area contributed by atoms with E-state index in [1.54, 1.807) is 25.1 Å². The Bertz CT molecular complexity index is 482. The van der Waals surface area contributed by atoms with Crippen molar-refractivity contribution in [1.29, 1.82) is 0 Å². The van der Waals surface area contributed by atoms with Crippen LogP contribution in [-0.4, -0.2) is 23.7 Å². The second-order valence-corrected chi connectivity index (χ2v) is 5.50. The molecule has 0 saturated heterocycles. The second kappa shape index (κ2) is 7.54. The van der Waals surface area contributed by atoms with Crippen LogP contribution in [0.4, 0.5) is 10.5 Å². The van der Waals surface area contributed by atoms with Crippen LogP contribution in [-0.2, 0) is 4.79 Å². The Morgan fingerprint density at radius 2 is 2.16 bits per heavy atom. The molecule has 0 radical (unpaired) electrons. The molecule has 2 amide bonds. The van der Waals surface area contributed by atoms with Gasteiger partial charge in [0.05, 0.1) is 11.6 Å². The fraction of sp³-hybridized carbons (Fsp3) is 0.333. The standard InChI is InChI=1S/C12H14ClIN2O3/c1-2-7(11(17)18)6-15-12(19)16-10-4-3-8(13)5-9(10)14/h3-5,7H,2,6H2,1H3,(H,17,18)(H2,15,16,19). The van der Waals surface area contributed by atoms with Crippen LogP contribution in [0.5, 0.6) is 0 Å². The number of carboxylic acid groups (broad SMARTS) is 1. The summed E-state index contributed by atoms with van der Waals surface area (Å²) in [4.78, 5) is 22.4. The quantitative estimate of drug-likeness (QED) is 0.669. The molecule has 0 heterocycles. The van der Waals surface area contributed by atoms with Gasteiger partial charge in [0, 0.05) is 15.1 Å². The molecule has 0 saturated carbocycles. The van der Waals surface area contributed by atoms with Crippen molar-refractivity contribution in [2.24, 2.45) is 5.92 Å². The van der Waals surface area contributed by atoms with Crippen molar-refractivity contribution in [1.82, 2.24) is 5.32 Å². The molecule has 0 aromatic heterocycles. The van der Waals surface area contributed by atoms with Crippen LogP contribution in [0.15, 0.2) is 18.2 Å². The molecule has 1 aromatic rings. The zero-order chi connectivity index (χ0) is 14.4. The summed E-state index contributed by atoms with van der Waals surface area (Å²) >= 11 is 7.87. The van der Waals surface area contributed by atoms with E-state index in [1.165, 1.54) is 0 Å². The SMILES string of the molecule is CCC(CNC(=O)Nc1ccc(Cl)cc1I)C(=O)O. The molecular weight excluding hydrogens is 383 g/mol. The van der Waals surface area contributed by atoms with E-state index in [2.05, 4.69) is 33.2 Å². The second-order valence-electron chi connectivity index (χ2n) is 3.90. The predicted octanol–water partition coefficient (Wildman–Crippen LogP) is 3.18. The summed E-state index contributed by atoms with van der Waals surface area (Å²) in [5, 5.41) is 14.6. The molecule has 0 spiro atoms. The van der Waals surface area contributed by atoms with Crippen LogP contribution in [0.25, 0.3) is 0 Å². The Morgan fingerprint density at radius 1 is 1.47 bits per heavy atom. The molecule has 0 aliphatic heterocycles. The van der Waals surface area contributed by atoms with Crippen molar-refractivity contribution in [3.63, 3.8) is 0 Å². The zero-order valence-corrected chi connectivity index (χ0v) is 13.2. The van der Waals surface area contributed by atoms with Gasteiger partial charge >= 0.3 is 12.0 Å². The monoisotopic (exact) mass is 396 g/mol. The maximum atomic E-state index is 11.6. The summed E-state index contributed by atoms with van der Waals surface area (Å²) in [6.45, 7) is 1.86. The van der Waals surface area contributed by atoms with Crippen molar-refractivity contribution in [2.75, 3.05) is 11.9 Å². The number of carbonyl (C=O) groups is 2. The first kappa shape index (κ1) is 16.0. The Morgan fingerprint density at radius 3 is 2.68 bits per heavy atom.